The average Bonchev–Trinajstić information content (AvgIpc) is 2.16. The first-order valence-electron chi connectivity index (χ1n) is 4.21. The minimum Gasteiger partial charge on any atom is -0.469 e. The molecular weight excluding hydrogens is 184 g/mol. The molecule has 0 rings (SSSR count). The van der Waals surface area contributed by atoms with Gasteiger partial charge in [-0.25, -0.2) is 0 Å². The van der Waals surface area contributed by atoms with Gasteiger partial charge in [-0.3, -0.25) is 9.59 Å². The van der Waals surface area contributed by atoms with Gasteiger partial charge < -0.3 is 9.64 Å². The van der Waals surface area contributed by atoms with Crippen LogP contribution in [-0.2, 0) is 14.3 Å². The zero-order valence-electron chi connectivity index (χ0n) is 8.61. The monoisotopic (exact) mass is 198 g/mol. The maximum atomic E-state index is 11.1. The molecule has 0 saturated heterocycles. The summed E-state index contributed by atoms with van der Waals surface area (Å²) >= 11 is 0. The summed E-state index contributed by atoms with van der Waals surface area (Å²) in [6.07, 6.45) is -0.162. The summed E-state index contributed by atoms with van der Waals surface area (Å²) in [6, 6.07) is 1.76. The third kappa shape index (κ3) is 3.90. The second-order valence-electron chi connectivity index (χ2n) is 3.03. The second-order valence-corrected chi connectivity index (χ2v) is 3.03. The van der Waals surface area contributed by atoms with Crippen LogP contribution in [0.3, 0.4) is 0 Å². The zero-order chi connectivity index (χ0) is 11.1. The Morgan fingerprint density at radius 3 is 2.57 bits per heavy atom. The van der Waals surface area contributed by atoms with Crippen molar-refractivity contribution in [3.63, 3.8) is 0 Å². The molecule has 0 aliphatic rings. The first-order chi connectivity index (χ1) is 6.52. The molecule has 0 spiro atoms. The number of hydrogen-bond donors (Lipinski definition) is 0. The first-order valence-corrected chi connectivity index (χ1v) is 4.21. The summed E-state index contributed by atoms with van der Waals surface area (Å²) in [6.45, 7) is 1.94. The quantitative estimate of drug-likeness (QED) is 0.603. The first kappa shape index (κ1) is 12.4. The summed E-state index contributed by atoms with van der Waals surface area (Å²) in [5.41, 5.74) is 0. The van der Waals surface area contributed by atoms with Crippen LogP contribution in [-0.4, -0.2) is 37.5 Å². The van der Waals surface area contributed by atoms with Crippen molar-refractivity contribution >= 4 is 11.9 Å². The molecule has 0 aromatic rings. The molecule has 1 unspecified atom stereocenters. The summed E-state index contributed by atoms with van der Waals surface area (Å²) < 4.78 is 4.51. The van der Waals surface area contributed by atoms with Gasteiger partial charge >= 0.3 is 5.97 Å². The summed E-state index contributed by atoms with van der Waals surface area (Å²) in [7, 11) is 2.86. The largest absolute Gasteiger partial charge is 0.469 e. The third-order valence-corrected chi connectivity index (χ3v) is 1.81. The number of hydrogen-bond acceptors (Lipinski definition) is 4. The van der Waals surface area contributed by atoms with Crippen LogP contribution in [0, 0.1) is 17.2 Å². The van der Waals surface area contributed by atoms with Gasteiger partial charge in [0.05, 0.1) is 19.1 Å². The summed E-state index contributed by atoms with van der Waals surface area (Å²) in [5, 5.41) is 8.29. The van der Waals surface area contributed by atoms with Crippen LogP contribution in [0.15, 0.2) is 0 Å². The number of methoxy groups -OCH3 is 1. The lowest BCUT2D eigenvalue weighted by molar-refractivity contribution is -0.146. The molecule has 0 heterocycles. The summed E-state index contributed by atoms with van der Waals surface area (Å²) in [4.78, 5) is 23.5. The van der Waals surface area contributed by atoms with E-state index in [4.69, 9.17) is 5.26 Å². The third-order valence-electron chi connectivity index (χ3n) is 1.81. The maximum absolute atomic E-state index is 11.1. The van der Waals surface area contributed by atoms with E-state index in [-0.39, 0.29) is 30.8 Å². The van der Waals surface area contributed by atoms with E-state index < -0.39 is 0 Å². The molecule has 1 atom stereocenters. The molecule has 0 aliphatic carbocycles. The van der Waals surface area contributed by atoms with Crippen LogP contribution >= 0.6 is 0 Å². The fourth-order valence-corrected chi connectivity index (χ4v) is 0.991. The average molecular weight is 198 g/mol. The minimum absolute atomic E-state index is 0.162. The van der Waals surface area contributed by atoms with Crippen molar-refractivity contribution in [2.24, 2.45) is 5.92 Å². The van der Waals surface area contributed by atoms with Gasteiger partial charge in [0.15, 0.2) is 0 Å². The lowest BCUT2D eigenvalue weighted by atomic mass is 10.1. The molecule has 0 aromatic carbocycles. The SMILES string of the molecule is COC(=O)C(C)CN(C)C(=O)CC#N. The number of rotatable bonds is 4. The van der Waals surface area contributed by atoms with Gasteiger partial charge in [0, 0.05) is 13.6 Å². The van der Waals surface area contributed by atoms with Gasteiger partial charge in [0.25, 0.3) is 0 Å². The molecule has 5 heteroatoms. The van der Waals surface area contributed by atoms with Crippen LogP contribution in [0.5, 0.6) is 0 Å². The number of carbonyl (C=O) groups is 2. The van der Waals surface area contributed by atoms with Gasteiger partial charge in [-0.2, -0.15) is 5.26 Å². The minimum atomic E-state index is -0.368. The van der Waals surface area contributed by atoms with Crippen molar-refractivity contribution in [1.29, 1.82) is 5.26 Å². The normalized spacial score (nSPS) is 11.3. The molecule has 78 valence electrons. The van der Waals surface area contributed by atoms with Gasteiger partial charge in [-0.15, -0.1) is 0 Å². The highest BCUT2D eigenvalue weighted by atomic mass is 16.5. The van der Waals surface area contributed by atoms with E-state index in [0.29, 0.717) is 0 Å². The van der Waals surface area contributed by atoms with Crippen molar-refractivity contribution in [3.05, 3.63) is 0 Å². The van der Waals surface area contributed by atoms with Crippen molar-refractivity contribution in [2.45, 2.75) is 13.3 Å². The number of nitrogens with zero attached hydrogens (tertiary/aromatic N) is 2. The highest BCUT2D eigenvalue weighted by Gasteiger charge is 2.18. The van der Waals surface area contributed by atoms with E-state index in [1.54, 1.807) is 20.0 Å². The van der Waals surface area contributed by atoms with Crippen LogP contribution in [0.1, 0.15) is 13.3 Å². The Bertz CT molecular complexity index is 257. The van der Waals surface area contributed by atoms with Crippen LogP contribution in [0.4, 0.5) is 0 Å². The predicted molar refractivity (Wildman–Crippen MR) is 49.0 cm³/mol. The Hall–Kier alpha value is -1.57. The number of carbonyl (C=O) groups excluding carboxylic acids is 2. The lowest BCUT2D eigenvalue weighted by Crippen LogP contribution is -2.33. The predicted octanol–water partition coefficient (Wildman–Crippen LogP) is 0.168. The zero-order valence-corrected chi connectivity index (χ0v) is 8.61. The molecule has 1 amide bonds. The second kappa shape index (κ2) is 5.97. The van der Waals surface area contributed by atoms with E-state index >= 15 is 0 Å². The molecule has 0 fully saturated rings. The fourth-order valence-electron chi connectivity index (χ4n) is 0.991. The van der Waals surface area contributed by atoms with Crippen LogP contribution in [0.25, 0.3) is 0 Å². The molecule has 5 nitrogen and oxygen atoms in total. The maximum Gasteiger partial charge on any atom is 0.310 e. The number of amides is 1. The van der Waals surface area contributed by atoms with Gasteiger partial charge in [0.1, 0.15) is 6.42 Å². The Kier molecular flexibility index (Phi) is 5.30. The van der Waals surface area contributed by atoms with Crippen molar-refractivity contribution in [1.82, 2.24) is 4.90 Å². The molecule has 0 saturated carbocycles. The van der Waals surface area contributed by atoms with Crippen LogP contribution < -0.4 is 0 Å². The fraction of sp³-hybridized carbons (Fsp3) is 0.667. The molecule has 0 radical (unpaired) electrons. The van der Waals surface area contributed by atoms with Gasteiger partial charge in [0.2, 0.25) is 5.91 Å². The topological polar surface area (TPSA) is 70.4 Å². The molecular formula is C9H14N2O3. The highest BCUT2D eigenvalue weighted by Crippen LogP contribution is 2.01. The molecule has 14 heavy (non-hydrogen) atoms. The number of nitriles is 1. The van der Waals surface area contributed by atoms with Crippen molar-refractivity contribution < 1.29 is 14.3 Å². The van der Waals surface area contributed by atoms with Gasteiger partial charge in [-0.1, -0.05) is 6.92 Å². The van der Waals surface area contributed by atoms with Crippen LogP contribution in [0.2, 0.25) is 0 Å². The van der Waals surface area contributed by atoms with Gasteiger partial charge in [-0.05, 0) is 0 Å². The molecule has 0 aromatic heterocycles. The Morgan fingerprint density at radius 2 is 2.14 bits per heavy atom. The standard InChI is InChI=1S/C9H14N2O3/c1-7(9(13)14-3)6-11(2)8(12)4-5-10/h7H,4,6H2,1-3H3. The lowest BCUT2D eigenvalue weighted by Gasteiger charge is -2.18. The Balaban J connectivity index is 4.06. The molecule has 0 N–H and O–H groups in total. The Morgan fingerprint density at radius 1 is 1.57 bits per heavy atom. The number of ether oxygens (including phenoxy) is 1. The number of esters is 1. The van der Waals surface area contributed by atoms with E-state index in [1.165, 1.54) is 12.0 Å². The van der Waals surface area contributed by atoms with E-state index in [2.05, 4.69) is 4.74 Å². The molecule has 0 aliphatic heterocycles. The van der Waals surface area contributed by atoms with E-state index in [9.17, 15) is 9.59 Å². The molecule has 0 bridgehead atoms. The van der Waals surface area contributed by atoms with E-state index in [1.807, 2.05) is 0 Å². The van der Waals surface area contributed by atoms with Crippen molar-refractivity contribution in [2.75, 3.05) is 20.7 Å². The van der Waals surface area contributed by atoms with E-state index in [0.717, 1.165) is 0 Å². The Labute approximate surface area is 83.2 Å². The highest BCUT2D eigenvalue weighted by molar-refractivity contribution is 5.79. The smallest absolute Gasteiger partial charge is 0.310 e. The summed E-state index contributed by atoms with van der Waals surface area (Å²) in [5.74, 6) is -1.02. The van der Waals surface area contributed by atoms with Crippen molar-refractivity contribution in [3.8, 4) is 6.07 Å².